The molecule has 0 aliphatic carbocycles. The molecule has 1 heterocycles. The zero-order valence-electron chi connectivity index (χ0n) is 10.7. The molecule has 0 atom stereocenters. The molecule has 20 heavy (non-hydrogen) atoms. The van der Waals surface area contributed by atoms with Gasteiger partial charge in [0.1, 0.15) is 17.5 Å². The van der Waals surface area contributed by atoms with Crippen molar-refractivity contribution in [2.24, 2.45) is 0 Å². The Labute approximate surface area is 120 Å². The monoisotopic (exact) mass is 315 g/mol. The van der Waals surface area contributed by atoms with Gasteiger partial charge in [-0.3, -0.25) is 0 Å². The van der Waals surface area contributed by atoms with Crippen LogP contribution in [-0.2, 0) is 9.84 Å². The summed E-state index contributed by atoms with van der Waals surface area (Å²) in [6.45, 7) is 1.58. The van der Waals surface area contributed by atoms with Crippen molar-refractivity contribution in [3.05, 3.63) is 40.9 Å². The van der Waals surface area contributed by atoms with Gasteiger partial charge in [-0.2, -0.15) is 0 Å². The van der Waals surface area contributed by atoms with E-state index in [2.05, 4.69) is 15.3 Å². The van der Waals surface area contributed by atoms with Gasteiger partial charge < -0.3 is 5.32 Å². The molecule has 1 aromatic carbocycles. The number of nitrogens with one attached hydrogen (secondary N) is 1. The van der Waals surface area contributed by atoms with Crippen LogP contribution < -0.4 is 5.32 Å². The first-order chi connectivity index (χ1) is 9.25. The summed E-state index contributed by atoms with van der Waals surface area (Å²) in [5.41, 5.74) is 0.494. The molecule has 0 amide bonds. The summed E-state index contributed by atoms with van der Waals surface area (Å²) < 4.78 is 36.1. The minimum absolute atomic E-state index is 0.0379. The summed E-state index contributed by atoms with van der Waals surface area (Å²) in [7, 11) is -3.43. The molecule has 0 saturated carbocycles. The highest BCUT2D eigenvalue weighted by Crippen LogP contribution is 2.22. The van der Waals surface area contributed by atoms with E-state index < -0.39 is 15.7 Å². The Morgan fingerprint density at radius 2 is 1.95 bits per heavy atom. The number of sulfone groups is 1. The molecule has 0 spiro atoms. The largest absolute Gasteiger partial charge is 0.340 e. The van der Waals surface area contributed by atoms with Crippen molar-refractivity contribution in [2.75, 3.05) is 11.6 Å². The van der Waals surface area contributed by atoms with Crippen LogP contribution in [0.3, 0.4) is 0 Å². The molecule has 1 N–H and O–H groups in total. The van der Waals surface area contributed by atoms with Gasteiger partial charge >= 0.3 is 0 Å². The number of benzene rings is 1. The lowest BCUT2D eigenvalue weighted by Gasteiger charge is -2.08. The second kappa shape index (κ2) is 5.34. The highest BCUT2D eigenvalue weighted by Gasteiger charge is 2.12. The maximum absolute atomic E-state index is 13.1. The van der Waals surface area contributed by atoms with Crippen LogP contribution in [0.5, 0.6) is 0 Å². The van der Waals surface area contributed by atoms with Crippen molar-refractivity contribution in [3.8, 4) is 0 Å². The van der Waals surface area contributed by atoms with E-state index in [-0.39, 0.29) is 10.0 Å². The SMILES string of the molecule is Cc1nc(Nc2ccc(F)c(Cl)c2)cc(S(C)(=O)=O)n1. The summed E-state index contributed by atoms with van der Waals surface area (Å²) in [4.78, 5) is 7.92. The standard InChI is InChI=1S/C12H11ClFN3O2S/c1-7-15-11(6-12(16-7)20(2,18)19)17-8-3-4-10(14)9(13)5-8/h3-6H,1-2H3,(H,15,16,17). The zero-order valence-corrected chi connectivity index (χ0v) is 12.3. The fourth-order valence-electron chi connectivity index (χ4n) is 1.52. The number of hydrogen-bond acceptors (Lipinski definition) is 5. The summed E-state index contributed by atoms with van der Waals surface area (Å²) in [5.74, 6) is 0.0668. The first-order valence-corrected chi connectivity index (χ1v) is 7.80. The fourth-order valence-corrected chi connectivity index (χ4v) is 2.32. The Morgan fingerprint density at radius 3 is 2.55 bits per heavy atom. The molecular formula is C12H11ClFN3O2S. The van der Waals surface area contributed by atoms with E-state index in [1.165, 1.54) is 24.3 Å². The van der Waals surface area contributed by atoms with Gasteiger partial charge in [-0.1, -0.05) is 11.6 Å². The van der Waals surface area contributed by atoms with E-state index in [9.17, 15) is 12.8 Å². The third kappa shape index (κ3) is 3.43. The lowest BCUT2D eigenvalue weighted by atomic mass is 10.3. The molecule has 1 aromatic heterocycles. The molecule has 5 nitrogen and oxygen atoms in total. The normalized spacial score (nSPS) is 11.4. The maximum Gasteiger partial charge on any atom is 0.192 e. The van der Waals surface area contributed by atoms with Crippen LogP contribution >= 0.6 is 11.6 Å². The Hall–Kier alpha value is -1.73. The van der Waals surface area contributed by atoms with Crippen LogP contribution in [0.15, 0.2) is 29.3 Å². The molecule has 0 fully saturated rings. The van der Waals surface area contributed by atoms with E-state index >= 15 is 0 Å². The number of halogens is 2. The van der Waals surface area contributed by atoms with Crippen molar-refractivity contribution in [3.63, 3.8) is 0 Å². The molecule has 0 radical (unpaired) electrons. The smallest absolute Gasteiger partial charge is 0.192 e. The van der Waals surface area contributed by atoms with Gasteiger partial charge in [0, 0.05) is 18.0 Å². The maximum atomic E-state index is 13.1. The van der Waals surface area contributed by atoms with Gasteiger partial charge in [-0.15, -0.1) is 0 Å². The number of aromatic nitrogens is 2. The molecule has 2 rings (SSSR count). The quantitative estimate of drug-likeness (QED) is 0.882. The Balaban J connectivity index is 2.38. The molecule has 0 aliphatic heterocycles. The average molecular weight is 316 g/mol. The first kappa shape index (κ1) is 14.7. The van der Waals surface area contributed by atoms with E-state index in [0.29, 0.717) is 17.3 Å². The van der Waals surface area contributed by atoms with Gasteiger partial charge in [-0.05, 0) is 25.1 Å². The van der Waals surface area contributed by atoms with E-state index in [1.54, 1.807) is 6.92 Å². The van der Waals surface area contributed by atoms with Gasteiger partial charge in [0.2, 0.25) is 0 Å². The minimum Gasteiger partial charge on any atom is -0.340 e. The van der Waals surface area contributed by atoms with E-state index in [1.807, 2.05) is 0 Å². The predicted molar refractivity (Wildman–Crippen MR) is 74.6 cm³/mol. The van der Waals surface area contributed by atoms with Crippen LogP contribution in [0.1, 0.15) is 5.82 Å². The Kier molecular flexibility index (Phi) is 3.92. The first-order valence-electron chi connectivity index (χ1n) is 5.53. The predicted octanol–water partition coefficient (Wildman–Crippen LogP) is 2.72. The van der Waals surface area contributed by atoms with E-state index in [0.717, 1.165) is 6.26 Å². The highest BCUT2D eigenvalue weighted by molar-refractivity contribution is 7.90. The lowest BCUT2D eigenvalue weighted by molar-refractivity contribution is 0.597. The van der Waals surface area contributed by atoms with Crippen molar-refractivity contribution >= 4 is 32.9 Å². The third-order valence-electron chi connectivity index (χ3n) is 2.39. The molecule has 0 bridgehead atoms. The third-order valence-corrected chi connectivity index (χ3v) is 3.64. The topological polar surface area (TPSA) is 72.0 Å². The molecule has 8 heteroatoms. The van der Waals surface area contributed by atoms with Crippen LogP contribution in [-0.4, -0.2) is 24.6 Å². The van der Waals surface area contributed by atoms with Crippen LogP contribution in [0.4, 0.5) is 15.9 Å². The van der Waals surface area contributed by atoms with Gasteiger partial charge in [-0.25, -0.2) is 22.8 Å². The Morgan fingerprint density at radius 1 is 1.25 bits per heavy atom. The van der Waals surface area contributed by atoms with Crippen molar-refractivity contribution in [1.29, 1.82) is 0 Å². The summed E-state index contributed by atoms with van der Waals surface area (Å²) >= 11 is 5.67. The van der Waals surface area contributed by atoms with Gasteiger partial charge in [0.15, 0.2) is 14.9 Å². The number of hydrogen-bond donors (Lipinski definition) is 1. The molecule has 0 aliphatic rings. The summed E-state index contributed by atoms with van der Waals surface area (Å²) in [5, 5.41) is 2.74. The van der Waals surface area contributed by atoms with Crippen molar-refractivity contribution < 1.29 is 12.8 Å². The van der Waals surface area contributed by atoms with Crippen molar-refractivity contribution in [2.45, 2.75) is 11.9 Å². The second-order valence-electron chi connectivity index (χ2n) is 4.16. The molecule has 0 saturated heterocycles. The van der Waals surface area contributed by atoms with Crippen molar-refractivity contribution in [1.82, 2.24) is 9.97 Å². The second-order valence-corrected chi connectivity index (χ2v) is 6.53. The zero-order chi connectivity index (χ0) is 14.9. The summed E-state index contributed by atoms with van der Waals surface area (Å²) in [6, 6.07) is 5.36. The number of aryl methyl sites for hydroxylation is 1. The van der Waals surface area contributed by atoms with Crippen LogP contribution in [0.2, 0.25) is 5.02 Å². The fraction of sp³-hybridized carbons (Fsp3) is 0.167. The Bertz CT molecular complexity index is 765. The number of rotatable bonds is 3. The average Bonchev–Trinajstić information content (AvgIpc) is 2.32. The van der Waals surface area contributed by atoms with Gasteiger partial charge in [0.05, 0.1) is 5.02 Å². The highest BCUT2D eigenvalue weighted by atomic mass is 35.5. The summed E-state index contributed by atoms with van der Waals surface area (Å²) in [6.07, 6.45) is 1.06. The lowest BCUT2D eigenvalue weighted by Crippen LogP contribution is -2.05. The molecule has 106 valence electrons. The van der Waals surface area contributed by atoms with Gasteiger partial charge in [0.25, 0.3) is 0 Å². The number of nitrogens with zero attached hydrogens (tertiary/aromatic N) is 2. The molecular weight excluding hydrogens is 305 g/mol. The minimum atomic E-state index is -3.43. The molecule has 2 aromatic rings. The number of anilines is 2. The van der Waals surface area contributed by atoms with E-state index in [4.69, 9.17) is 11.6 Å². The van der Waals surface area contributed by atoms with Crippen LogP contribution in [0, 0.1) is 12.7 Å². The van der Waals surface area contributed by atoms with Crippen LogP contribution in [0.25, 0.3) is 0 Å². The molecule has 0 unspecified atom stereocenters.